The number of hydrogen-bond acceptors (Lipinski definition) is 3. The van der Waals surface area contributed by atoms with Crippen molar-refractivity contribution in [1.29, 1.82) is 0 Å². The minimum atomic E-state index is -0.137. The molecule has 0 bridgehead atoms. The molecule has 2 atom stereocenters. The maximum Gasteiger partial charge on any atom is 0.329 e. The standard InChI is InChI=1S/C18H25N3O3/c1-4-20-15-7-5-6-8-16(15)21(18(20)23)11-17(22)19-14-9-12(2)24-13(3)10-14/h5-8,12-14H,4,9-11H2,1-3H3,(H,19,22)/t12-,13-/m0/s1. The van der Waals surface area contributed by atoms with Gasteiger partial charge in [-0.3, -0.25) is 13.9 Å². The first-order valence-corrected chi connectivity index (χ1v) is 8.62. The number of para-hydroxylation sites is 2. The van der Waals surface area contributed by atoms with Gasteiger partial charge in [0.25, 0.3) is 0 Å². The number of nitrogens with zero attached hydrogens (tertiary/aromatic N) is 2. The highest BCUT2D eigenvalue weighted by Gasteiger charge is 2.26. The molecule has 6 heteroatoms. The van der Waals surface area contributed by atoms with Gasteiger partial charge < -0.3 is 10.1 Å². The van der Waals surface area contributed by atoms with Crippen molar-refractivity contribution in [2.45, 2.75) is 65.0 Å². The molecule has 0 spiro atoms. The van der Waals surface area contributed by atoms with Gasteiger partial charge in [-0.15, -0.1) is 0 Å². The van der Waals surface area contributed by atoms with Gasteiger partial charge in [-0.1, -0.05) is 12.1 Å². The topological polar surface area (TPSA) is 65.3 Å². The van der Waals surface area contributed by atoms with Gasteiger partial charge in [0.15, 0.2) is 0 Å². The highest BCUT2D eigenvalue weighted by molar-refractivity contribution is 5.81. The molecule has 1 N–H and O–H groups in total. The second-order valence-corrected chi connectivity index (χ2v) is 6.59. The number of benzene rings is 1. The third kappa shape index (κ3) is 3.24. The predicted molar refractivity (Wildman–Crippen MR) is 93.0 cm³/mol. The van der Waals surface area contributed by atoms with Gasteiger partial charge in [0.05, 0.1) is 23.2 Å². The SMILES string of the molecule is CCn1c(=O)n(CC(=O)NC2C[C@H](C)O[C@@H](C)C2)c2ccccc21. The van der Waals surface area contributed by atoms with Crippen molar-refractivity contribution in [3.05, 3.63) is 34.7 Å². The summed E-state index contributed by atoms with van der Waals surface area (Å²) in [7, 11) is 0. The molecule has 0 aliphatic carbocycles. The lowest BCUT2D eigenvalue weighted by Gasteiger charge is -2.32. The minimum absolute atomic E-state index is 0.0481. The highest BCUT2D eigenvalue weighted by atomic mass is 16.5. The molecule has 1 aromatic carbocycles. The summed E-state index contributed by atoms with van der Waals surface area (Å²) in [5.74, 6) is -0.123. The molecular formula is C18H25N3O3. The number of aromatic nitrogens is 2. The summed E-state index contributed by atoms with van der Waals surface area (Å²) in [5.41, 5.74) is 1.53. The van der Waals surface area contributed by atoms with E-state index in [0.29, 0.717) is 6.54 Å². The van der Waals surface area contributed by atoms with E-state index in [4.69, 9.17) is 4.74 Å². The van der Waals surface area contributed by atoms with Crippen LogP contribution in [0.3, 0.4) is 0 Å². The Bertz CT molecular complexity index is 782. The molecule has 0 unspecified atom stereocenters. The van der Waals surface area contributed by atoms with Gasteiger partial charge in [0, 0.05) is 12.6 Å². The van der Waals surface area contributed by atoms with Gasteiger partial charge in [-0.2, -0.15) is 0 Å². The number of imidazole rings is 1. The third-order valence-electron chi connectivity index (χ3n) is 4.61. The lowest BCUT2D eigenvalue weighted by Crippen LogP contribution is -2.45. The fourth-order valence-electron chi connectivity index (χ4n) is 3.67. The van der Waals surface area contributed by atoms with E-state index in [1.807, 2.05) is 45.0 Å². The molecule has 0 saturated carbocycles. The zero-order chi connectivity index (χ0) is 17.3. The Morgan fingerprint density at radius 1 is 1.17 bits per heavy atom. The molecule has 1 amide bonds. The van der Waals surface area contributed by atoms with E-state index < -0.39 is 0 Å². The van der Waals surface area contributed by atoms with E-state index >= 15 is 0 Å². The van der Waals surface area contributed by atoms with Gasteiger partial charge in [-0.25, -0.2) is 4.79 Å². The molecule has 1 aromatic heterocycles. The zero-order valence-corrected chi connectivity index (χ0v) is 14.5. The lowest BCUT2D eigenvalue weighted by molar-refractivity contribution is -0.124. The van der Waals surface area contributed by atoms with Crippen molar-refractivity contribution in [2.75, 3.05) is 0 Å². The Morgan fingerprint density at radius 2 is 1.75 bits per heavy atom. The van der Waals surface area contributed by atoms with Crippen LogP contribution in [0.25, 0.3) is 11.0 Å². The molecule has 24 heavy (non-hydrogen) atoms. The van der Waals surface area contributed by atoms with Gasteiger partial charge in [0.2, 0.25) is 5.91 Å². The monoisotopic (exact) mass is 331 g/mol. The Labute approximate surface area is 141 Å². The number of carbonyl (C=O) groups excluding carboxylic acids is 1. The minimum Gasteiger partial charge on any atom is -0.375 e. The number of nitrogens with one attached hydrogen (secondary N) is 1. The van der Waals surface area contributed by atoms with Gasteiger partial charge in [-0.05, 0) is 45.7 Å². The first kappa shape index (κ1) is 16.8. The number of amides is 1. The Balaban J connectivity index is 1.79. The maximum absolute atomic E-state index is 12.6. The third-order valence-corrected chi connectivity index (χ3v) is 4.61. The van der Waals surface area contributed by atoms with Crippen LogP contribution in [0, 0.1) is 0 Å². The second kappa shape index (κ2) is 6.81. The summed E-state index contributed by atoms with van der Waals surface area (Å²) >= 11 is 0. The average molecular weight is 331 g/mol. The number of ether oxygens (including phenoxy) is 1. The number of rotatable bonds is 4. The molecule has 130 valence electrons. The summed E-state index contributed by atoms with van der Waals surface area (Å²) in [6.45, 7) is 6.61. The lowest BCUT2D eigenvalue weighted by atomic mass is 10.00. The average Bonchev–Trinajstić information content (AvgIpc) is 2.78. The maximum atomic E-state index is 12.6. The molecule has 1 aliphatic rings. The predicted octanol–water partition coefficient (Wildman–Crippen LogP) is 1.90. The van der Waals surface area contributed by atoms with E-state index in [1.54, 1.807) is 9.13 Å². The molecule has 2 aromatic rings. The van der Waals surface area contributed by atoms with Crippen LogP contribution >= 0.6 is 0 Å². The zero-order valence-electron chi connectivity index (χ0n) is 14.5. The summed E-state index contributed by atoms with van der Waals surface area (Å²) in [4.78, 5) is 25.0. The van der Waals surface area contributed by atoms with E-state index in [-0.39, 0.29) is 36.4 Å². The quantitative estimate of drug-likeness (QED) is 0.930. The van der Waals surface area contributed by atoms with Crippen LogP contribution in [0.4, 0.5) is 0 Å². The van der Waals surface area contributed by atoms with Crippen LogP contribution < -0.4 is 11.0 Å². The molecular weight excluding hydrogens is 306 g/mol. The van der Waals surface area contributed by atoms with Crippen molar-refractivity contribution in [1.82, 2.24) is 14.5 Å². The smallest absolute Gasteiger partial charge is 0.329 e. The number of aryl methyl sites for hydroxylation is 1. The molecule has 1 saturated heterocycles. The fourth-order valence-corrected chi connectivity index (χ4v) is 3.67. The van der Waals surface area contributed by atoms with Crippen molar-refractivity contribution in [3.8, 4) is 0 Å². The molecule has 2 heterocycles. The molecule has 1 aliphatic heterocycles. The first-order valence-electron chi connectivity index (χ1n) is 8.62. The highest BCUT2D eigenvalue weighted by Crippen LogP contribution is 2.19. The van der Waals surface area contributed by atoms with E-state index in [9.17, 15) is 9.59 Å². The van der Waals surface area contributed by atoms with Crippen molar-refractivity contribution in [2.24, 2.45) is 0 Å². The summed E-state index contributed by atoms with van der Waals surface area (Å²) in [5, 5.41) is 3.06. The Kier molecular flexibility index (Phi) is 4.76. The van der Waals surface area contributed by atoms with Crippen molar-refractivity contribution < 1.29 is 9.53 Å². The molecule has 3 rings (SSSR count). The number of carbonyl (C=O) groups is 1. The van der Waals surface area contributed by atoms with Crippen LogP contribution in [-0.2, 0) is 22.6 Å². The summed E-state index contributed by atoms with van der Waals surface area (Å²) in [6.07, 6.45) is 1.90. The second-order valence-electron chi connectivity index (χ2n) is 6.59. The van der Waals surface area contributed by atoms with E-state index in [2.05, 4.69) is 5.32 Å². The Hall–Kier alpha value is -2.08. The summed E-state index contributed by atoms with van der Waals surface area (Å²) < 4.78 is 8.95. The first-order chi connectivity index (χ1) is 11.5. The Morgan fingerprint density at radius 3 is 2.33 bits per heavy atom. The van der Waals surface area contributed by atoms with Crippen molar-refractivity contribution in [3.63, 3.8) is 0 Å². The number of hydrogen-bond donors (Lipinski definition) is 1. The normalized spacial score (nSPS) is 24.2. The molecule has 0 radical (unpaired) electrons. The van der Waals surface area contributed by atoms with Crippen LogP contribution in [0.1, 0.15) is 33.6 Å². The fraction of sp³-hybridized carbons (Fsp3) is 0.556. The largest absolute Gasteiger partial charge is 0.375 e. The molecule has 1 fully saturated rings. The van der Waals surface area contributed by atoms with Crippen molar-refractivity contribution >= 4 is 16.9 Å². The van der Waals surface area contributed by atoms with Gasteiger partial charge in [0.1, 0.15) is 6.54 Å². The molecule has 6 nitrogen and oxygen atoms in total. The van der Waals surface area contributed by atoms with Gasteiger partial charge >= 0.3 is 5.69 Å². The van der Waals surface area contributed by atoms with Crippen LogP contribution in [-0.4, -0.2) is 33.3 Å². The van der Waals surface area contributed by atoms with Crippen LogP contribution in [0.2, 0.25) is 0 Å². The summed E-state index contributed by atoms with van der Waals surface area (Å²) in [6, 6.07) is 7.69. The van der Waals surface area contributed by atoms with Crippen LogP contribution in [0.15, 0.2) is 29.1 Å². The van der Waals surface area contributed by atoms with E-state index in [0.717, 1.165) is 23.9 Å². The van der Waals surface area contributed by atoms with E-state index in [1.165, 1.54) is 0 Å². The van der Waals surface area contributed by atoms with Crippen LogP contribution in [0.5, 0.6) is 0 Å². The number of fused-ring (bicyclic) bond motifs is 1.